The quantitative estimate of drug-likeness (QED) is 0.668. The normalized spacial score (nSPS) is 26.5. The number of halogens is 3. The summed E-state index contributed by atoms with van der Waals surface area (Å²) >= 11 is 0. The second-order valence-corrected chi connectivity index (χ2v) is 9.45. The van der Waals surface area contributed by atoms with Crippen molar-refractivity contribution in [3.05, 3.63) is 17.5 Å². The Morgan fingerprint density at radius 1 is 1.30 bits per heavy atom. The number of hydrogen-bond acceptors (Lipinski definition) is 5. The van der Waals surface area contributed by atoms with E-state index < -0.39 is 23.5 Å². The highest BCUT2D eigenvalue weighted by Gasteiger charge is 2.43. The summed E-state index contributed by atoms with van der Waals surface area (Å²) in [4.78, 5) is 18.7. The van der Waals surface area contributed by atoms with Crippen LogP contribution >= 0.6 is 0 Å². The van der Waals surface area contributed by atoms with Crippen LogP contribution in [0.4, 0.5) is 19.0 Å². The summed E-state index contributed by atoms with van der Waals surface area (Å²) in [5.41, 5.74) is 1.14. The molecule has 182 valence electrons. The molecule has 0 bridgehead atoms. The lowest BCUT2D eigenvalue weighted by Gasteiger charge is -2.40. The first-order chi connectivity index (χ1) is 15.6. The number of alkyl halides is 3. The number of nitrogens with zero attached hydrogens (tertiary/aromatic N) is 4. The van der Waals surface area contributed by atoms with E-state index >= 15 is 0 Å². The van der Waals surface area contributed by atoms with E-state index in [1.807, 2.05) is 24.8 Å². The highest BCUT2D eigenvalue weighted by molar-refractivity contribution is 5.76. The third kappa shape index (κ3) is 4.24. The number of carboxylic acid groups (broad SMARTS) is 1. The molecule has 2 fully saturated rings. The van der Waals surface area contributed by atoms with Crippen molar-refractivity contribution in [1.29, 1.82) is 0 Å². The molecule has 1 saturated carbocycles. The topological polar surface area (TPSA) is 80.0 Å². The summed E-state index contributed by atoms with van der Waals surface area (Å²) in [6, 6.07) is 1.85. The van der Waals surface area contributed by atoms with Gasteiger partial charge in [0.15, 0.2) is 17.2 Å². The molecule has 1 atom stereocenters. The zero-order valence-electron chi connectivity index (χ0n) is 19.3. The van der Waals surface area contributed by atoms with Crippen molar-refractivity contribution >= 4 is 17.4 Å². The molecule has 0 spiro atoms. The Morgan fingerprint density at radius 3 is 2.58 bits per heavy atom. The number of methoxy groups -OCH3 is 1. The number of piperidine rings is 1. The van der Waals surface area contributed by atoms with E-state index in [0.717, 1.165) is 12.1 Å². The molecule has 4 rings (SSSR count). The number of rotatable bonds is 5. The lowest BCUT2D eigenvalue weighted by Crippen LogP contribution is -2.48. The Morgan fingerprint density at radius 2 is 2.00 bits per heavy atom. The molecule has 0 unspecified atom stereocenters. The third-order valence-corrected chi connectivity index (χ3v) is 7.54. The average molecular weight is 469 g/mol. The molecule has 2 aromatic heterocycles. The van der Waals surface area contributed by atoms with Gasteiger partial charge in [0.1, 0.15) is 0 Å². The van der Waals surface area contributed by atoms with E-state index in [4.69, 9.17) is 9.84 Å². The molecule has 2 aliphatic rings. The summed E-state index contributed by atoms with van der Waals surface area (Å²) in [5, 5.41) is 14.7. The van der Waals surface area contributed by atoms with E-state index in [-0.39, 0.29) is 18.8 Å². The number of aliphatic carboxylic acids is 1. The zero-order valence-corrected chi connectivity index (χ0v) is 19.3. The van der Waals surface area contributed by atoms with E-state index in [9.17, 15) is 23.1 Å². The van der Waals surface area contributed by atoms with E-state index in [2.05, 4.69) is 4.98 Å². The van der Waals surface area contributed by atoms with E-state index in [0.29, 0.717) is 61.7 Å². The van der Waals surface area contributed by atoms with Crippen molar-refractivity contribution in [2.75, 3.05) is 25.1 Å². The van der Waals surface area contributed by atoms with E-state index in [1.54, 1.807) is 11.6 Å². The number of carbonyl (C=O) groups is 1. The van der Waals surface area contributed by atoms with Crippen LogP contribution in [0.15, 0.2) is 6.07 Å². The van der Waals surface area contributed by atoms with Crippen LogP contribution in [-0.4, -0.2) is 52.0 Å². The first-order valence-corrected chi connectivity index (χ1v) is 11.6. The van der Waals surface area contributed by atoms with Gasteiger partial charge >= 0.3 is 12.1 Å². The van der Waals surface area contributed by atoms with E-state index in [1.165, 1.54) is 0 Å². The molecule has 0 amide bonds. The number of anilines is 1. The fourth-order valence-electron chi connectivity index (χ4n) is 5.46. The summed E-state index contributed by atoms with van der Waals surface area (Å²) in [5.74, 6) is -0.907. The average Bonchev–Trinajstić information content (AvgIpc) is 3.20. The second-order valence-electron chi connectivity index (χ2n) is 9.45. The molecular formula is C23H31F3N4O3. The molecular weight excluding hydrogens is 437 g/mol. The van der Waals surface area contributed by atoms with Crippen molar-refractivity contribution < 1.29 is 27.8 Å². The maximum absolute atomic E-state index is 13.1. The van der Waals surface area contributed by atoms with Crippen LogP contribution in [0.25, 0.3) is 5.65 Å². The Balaban J connectivity index is 1.71. The predicted molar refractivity (Wildman–Crippen MR) is 117 cm³/mol. The number of hydrogen-bond donors (Lipinski definition) is 1. The molecule has 1 aliphatic heterocycles. The molecule has 7 nitrogen and oxygen atoms in total. The number of ether oxygens (including phenoxy) is 1. The molecule has 1 N–H and O–H groups in total. The Labute approximate surface area is 190 Å². The Bertz CT molecular complexity index is 1030. The summed E-state index contributed by atoms with van der Waals surface area (Å²) in [7, 11) is 1.55. The van der Waals surface area contributed by atoms with Crippen molar-refractivity contribution in [2.24, 2.45) is 11.3 Å². The van der Waals surface area contributed by atoms with Crippen molar-refractivity contribution in [1.82, 2.24) is 14.6 Å². The largest absolute Gasteiger partial charge is 0.491 e. The number of aromatic nitrogens is 3. The Kier molecular flexibility index (Phi) is 6.22. The monoisotopic (exact) mass is 468 g/mol. The molecule has 0 radical (unpaired) electrons. The minimum absolute atomic E-state index is 0.0560. The van der Waals surface area contributed by atoms with Crippen LogP contribution in [0.2, 0.25) is 0 Å². The van der Waals surface area contributed by atoms with Gasteiger partial charge in [-0.25, -0.2) is 4.98 Å². The summed E-state index contributed by atoms with van der Waals surface area (Å²) in [6.07, 6.45) is -1.22. The van der Waals surface area contributed by atoms with Crippen molar-refractivity contribution in [2.45, 2.75) is 70.9 Å². The minimum Gasteiger partial charge on any atom is -0.491 e. The van der Waals surface area contributed by atoms with Crippen LogP contribution in [0, 0.1) is 18.3 Å². The standard InChI is InChI=1S/C23H31F3N4O3/c1-4-22(21(31)32)10-5-11-29(13-22)20-19(33-3)14(2)27-18-12-17(28-30(18)20)15-6-8-16(9-7-15)23(24,25)26/h12,15-16H,4-11,13H2,1-3H3,(H,31,32)/t15-,16-,22-/m1/s1. The smallest absolute Gasteiger partial charge is 0.391 e. The lowest BCUT2D eigenvalue weighted by molar-refractivity contribution is -0.182. The maximum Gasteiger partial charge on any atom is 0.391 e. The maximum atomic E-state index is 13.1. The van der Waals surface area contributed by atoms with Crippen LogP contribution < -0.4 is 9.64 Å². The number of fused-ring (bicyclic) bond motifs is 1. The predicted octanol–water partition coefficient (Wildman–Crippen LogP) is 4.96. The minimum atomic E-state index is -4.15. The van der Waals surface area contributed by atoms with Gasteiger partial charge in [-0.3, -0.25) is 4.79 Å². The van der Waals surface area contributed by atoms with Gasteiger partial charge in [0.25, 0.3) is 0 Å². The molecule has 1 aliphatic carbocycles. The SMILES string of the molecule is CC[C@@]1(C(=O)O)CCCN(c2c(OC)c(C)nc3cc([C@H]4CC[C@H](C(F)(F)F)CC4)nn23)C1. The fourth-order valence-corrected chi connectivity index (χ4v) is 5.46. The Hall–Kier alpha value is -2.52. The first kappa shape index (κ1) is 23.6. The third-order valence-electron chi connectivity index (χ3n) is 7.54. The highest BCUT2D eigenvalue weighted by Crippen LogP contribution is 2.44. The van der Waals surface area contributed by atoms with Gasteiger partial charge in [-0.1, -0.05) is 6.92 Å². The van der Waals surface area contributed by atoms with Gasteiger partial charge in [-0.2, -0.15) is 22.8 Å². The van der Waals surface area contributed by atoms with Crippen molar-refractivity contribution in [3.8, 4) is 5.75 Å². The van der Waals surface area contributed by atoms with Gasteiger partial charge in [0.2, 0.25) is 0 Å². The summed E-state index contributed by atoms with van der Waals surface area (Å²) in [6.45, 7) is 4.72. The van der Waals surface area contributed by atoms with Crippen molar-refractivity contribution in [3.63, 3.8) is 0 Å². The van der Waals surface area contributed by atoms with Crippen LogP contribution in [0.1, 0.15) is 69.2 Å². The molecule has 0 aromatic carbocycles. The van der Waals surface area contributed by atoms with Crippen LogP contribution in [-0.2, 0) is 4.79 Å². The zero-order chi connectivity index (χ0) is 24.0. The van der Waals surface area contributed by atoms with Crippen LogP contribution in [0.5, 0.6) is 5.75 Å². The summed E-state index contributed by atoms with van der Waals surface area (Å²) < 4.78 is 46.6. The number of aryl methyl sites for hydroxylation is 1. The molecule has 1 saturated heterocycles. The van der Waals surface area contributed by atoms with Gasteiger partial charge in [0.05, 0.1) is 29.8 Å². The van der Waals surface area contributed by atoms with Gasteiger partial charge in [-0.05, 0) is 51.9 Å². The lowest BCUT2D eigenvalue weighted by atomic mass is 9.77. The molecule has 10 heteroatoms. The van der Waals surface area contributed by atoms with Gasteiger partial charge < -0.3 is 14.7 Å². The molecule has 2 aromatic rings. The van der Waals surface area contributed by atoms with Crippen LogP contribution in [0.3, 0.4) is 0 Å². The highest BCUT2D eigenvalue weighted by atomic mass is 19.4. The molecule has 3 heterocycles. The van der Waals surface area contributed by atoms with Gasteiger partial charge in [0, 0.05) is 25.1 Å². The molecule has 33 heavy (non-hydrogen) atoms. The second kappa shape index (κ2) is 8.68. The number of carboxylic acids is 1. The van der Waals surface area contributed by atoms with Gasteiger partial charge in [-0.15, -0.1) is 0 Å². The fraction of sp³-hybridized carbons (Fsp3) is 0.696. The first-order valence-electron chi connectivity index (χ1n) is 11.6.